The van der Waals surface area contributed by atoms with Gasteiger partial charge in [0.05, 0.1) is 22.9 Å². The number of halogens is 2. The van der Waals surface area contributed by atoms with Gasteiger partial charge >= 0.3 is 6.61 Å². The van der Waals surface area contributed by atoms with Crippen LogP contribution in [0, 0.1) is 0 Å². The highest BCUT2D eigenvalue weighted by Crippen LogP contribution is 2.32. The summed E-state index contributed by atoms with van der Waals surface area (Å²) in [5, 5.41) is 0.458. The molecule has 0 atom stereocenters. The Morgan fingerprint density at radius 2 is 1.85 bits per heavy atom. The van der Waals surface area contributed by atoms with E-state index in [9.17, 15) is 13.6 Å². The van der Waals surface area contributed by atoms with E-state index in [2.05, 4.69) is 19.7 Å². The molecule has 0 radical (unpaired) electrons. The van der Waals surface area contributed by atoms with Gasteiger partial charge in [-0.3, -0.25) is 9.78 Å². The third-order valence-electron chi connectivity index (χ3n) is 4.09. The Morgan fingerprint density at radius 3 is 2.70 bits per heavy atom. The fourth-order valence-electron chi connectivity index (χ4n) is 2.92. The molecule has 2 aromatic heterocycles. The number of alkyl halides is 2. The van der Waals surface area contributed by atoms with E-state index in [1.807, 2.05) is 12.1 Å². The summed E-state index contributed by atoms with van der Waals surface area (Å²) >= 11 is 0. The van der Waals surface area contributed by atoms with E-state index < -0.39 is 6.61 Å². The normalized spacial score (nSPS) is 11.1. The van der Waals surface area contributed by atoms with Crippen LogP contribution in [0.3, 0.4) is 0 Å². The van der Waals surface area contributed by atoms with Crippen LogP contribution in [0.1, 0.15) is 0 Å². The number of hydrogen-bond donors (Lipinski definition) is 1. The minimum atomic E-state index is -2.90. The molecular formula is C20H13F2N3O2. The molecule has 4 rings (SSSR count). The van der Waals surface area contributed by atoms with E-state index >= 15 is 0 Å². The first-order chi connectivity index (χ1) is 13.1. The lowest BCUT2D eigenvalue weighted by Crippen LogP contribution is -2.06. The number of H-pyrrole nitrogens is 1. The minimum Gasteiger partial charge on any atom is -0.435 e. The second kappa shape index (κ2) is 6.95. The van der Waals surface area contributed by atoms with Crippen LogP contribution in [-0.4, -0.2) is 21.6 Å². The molecule has 0 aliphatic rings. The number of ether oxygens (including phenoxy) is 1. The molecule has 2 heterocycles. The monoisotopic (exact) mass is 365 g/mol. The fourth-order valence-corrected chi connectivity index (χ4v) is 2.92. The zero-order valence-electron chi connectivity index (χ0n) is 13.9. The van der Waals surface area contributed by atoms with Crippen molar-refractivity contribution in [2.24, 2.45) is 0 Å². The summed E-state index contributed by atoms with van der Waals surface area (Å²) < 4.78 is 29.5. The lowest BCUT2D eigenvalue weighted by Gasteiger charge is -2.11. The summed E-state index contributed by atoms with van der Waals surface area (Å²) in [4.78, 5) is 23.2. The topological polar surface area (TPSA) is 67.9 Å². The van der Waals surface area contributed by atoms with E-state index in [1.54, 1.807) is 36.5 Å². The molecule has 2 aromatic carbocycles. The highest BCUT2D eigenvalue weighted by Gasteiger charge is 2.12. The average molecular weight is 365 g/mol. The van der Waals surface area contributed by atoms with Gasteiger partial charge in [-0.2, -0.15) is 8.78 Å². The van der Waals surface area contributed by atoms with E-state index in [4.69, 9.17) is 0 Å². The van der Waals surface area contributed by atoms with Gasteiger partial charge in [-0.15, -0.1) is 0 Å². The number of aromatic nitrogens is 3. The van der Waals surface area contributed by atoms with Crippen LogP contribution in [0.5, 0.6) is 5.75 Å². The maximum atomic E-state index is 12.5. The summed E-state index contributed by atoms with van der Waals surface area (Å²) in [5.74, 6) is 0.0539. The molecule has 0 unspecified atom stereocenters. The van der Waals surface area contributed by atoms with Gasteiger partial charge in [0.25, 0.3) is 5.56 Å². The van der Waals surface area contributed by atoms with Crippen LogP contribution < -0.4 is 10.3 Å². The van der Waals surface area contributed by atoms with Crippen molar-refractivity contribution >= 4 is 10.9 Å². The largest absolute Gasteiger partial charge is 0.435 e. The maximum absolute atomic E-state index is 12.5. The highest BCUT2D eigenvalue weighted by molar-refractivity contribution is 5.88. The SMILES string of the molecule is O=c1[nH]cnc2ccc(-c3cccnc3-c3cccc(OC(F)F)c3)cc12. The standard InChI is InChI=1S/C20H13F2N3O2/c21-20(22)27-14-4-1-3-13(9-14)18-15(5-2-8-23-18)12-6-7-17-16(10-12)19(26)25-11-24-17/h1-11,20H,(H,24,25,26). The summed E-state index contributed by atoms with van der Waals surface area (Å²) in [7, 11) is 0. The van der Waals surface area contributed by atoms with Crippen LogP contribution in [0.2, 0.25) is 0 Å². The smallest absolute Gasteiger partial charge is 0.387 e. The lowest BCUT2D eigenvalue weighted by atomic mass is 9.98. The van der Waals surface area contributed by atoms with Gasteiger partial charge in [-0.1, -0.05) is 24.3 Å². The molecule has 0 fully saturated rings. The Hall–Kier alpha value is -3.61. The molecule has 0 bridgehead atoms. The number of nitrogens with one attached hydrogen (secondary N) is 1. The van der Waals surface area contributed by atoms with Crippen molar-refractivity contribution in [3.63, 3.8) is 0 Å². The molecule has 7 heteroatoms. The molecule has 1 N–H and O–H groups in total. The van der Waals surface area contributed by atoms with E-state index in [-0.39, 0.29) is 11.3 Å². The Morgan fingerprint density at radius 1 is 0.963 bits per heavy atom. The van der Waals surface area contributed by atoms with E-state index in [0.29, 0.717) is 22.2 Å². The number of benzene rings is 2. The number of rotatable bonds is 4. The molecule has 4 aromatic rings. The zero-order chi connectivity index (χ0) is 18.8. The Labute approximate surface area is 152 Å². The Bertz CT molecular complexity index is 1170. The van der Waals surface area contributed by atoms with Crippen LogP contribution in [0.4, 0.5) is 8.78 Å². The second-order valence-corrected chi connectivity index (χ2v) is 5.77. The predicted molar refractivity (Wildman–Crippen MR) is 97.7 cm³/mol. The number of aromatic amines is 1. The molecule has 0 aliphatic heterocycles. The number of nitrogens with zero attached hydrogens (tertiary/aromatic N) is 2. The van der Waals surface area contributed by atoms with Crippen molar-refractivity contribution in [1.82, 2.24) is 15.0 Å². The Balaban J connectivity index is 1.85. The molecule has 0 aliphatic carbocycles. The van der Waals surface area contributed by atoms with Gasteiger partial charge in [0, 0.05) is 17.3 Å². The Kier molecular flexibility index (Phi) is 4.33. The minimum absolute atomic E-state index is 0.0539. The fraction of sp³-hybridized carbons (Fsp3) is 0.0500. The first-order valence-electron chi connectivity index (χ1n) is 8.10. The predicted octanol–water partition coefficient (Wildman–Crippen LogP) is 4.25. The molecule has 27 heavy (non-hydrogen) atoms. The third kappa shape index (κ3) is 3.39. The van der Waals surface area contributed by atoms with Crippen LogP contribution >= 0.6 is 0 Å². The zero-order valence-corrected chi connectivity index (χ0v) is 13.9. The maximum Gasteiger partial charge on any atom is 0.387 e. The van der Waals surface area contributed by atoms with Crippen molar-refractivity contribution in [2.45, 2.75) is 6.61 Å². The van der Waals surface area contributed by atoms with Gasteiger partial charge in [0.1, 0.15) is 5.75 Å². The summed E-state index contributed by atoms with van der Waals surface area (Å²) in [6, 6.07) is 15.3. The number of hydrogen-bond acceptors (Lipinski definition) is 4. The van der Waals surface area contributed by atoms with Crippen LogP contribution in [0.15, 0.2) is 71.9 Å². The third-order valence-corrected chi connectivity index (χ3v) is 4.09. The first-order valence-corrected chi connectivity index (χ1v) is 8.10. The molecule has 0 amide bonds. The quantitative estimate of drug-likeness (QED) is 0.587. The second-order valence-electron chi connectivity index (χ2n) is 5.77. The molecule has 134 valence electrons. The number of fused-ring (bicyclic) bond motifs is 1. The molecule has 0 spiro atoms. The van der Waals surface area contributed by atoms with Gasteiger partial charge in [0.2, 0.25) is 0 Å². The van der Waals surface area contributed by atoms with Crippen molar-refractivity contribution in [3.05, 3.63) is 77.5 Å². The number of pyridine rings is 1. The van der Waals surface area contributed by atoms with Crippen molar-refractivity contribution in [2.75, 3.05) is 0 Å². The lowest BCUT2D eigenvalue weighted by molar-refractivity contribution is -0.0498. The van der Waals surface area contributed by atoms with Gasteiger partial charge in [0.15, 0.2) is 0 Å². The van der Waals surface area contributed by atoms with Gasteiger partial charge in [-0.05, 0) is 35.9 Å². The summed E-state index contributed by atoms with van der Waals surface area (Å²) in [5.41, 5.74) is 3.10. The van der Waals surface area contributed by atoms with Gasteiger partial charge in [-0.25, -0.2) is 4.98 Å². The van der Waals surface area contributed by atoms with E-state index in [1.165, 1.54) is 18.5 Å². The van der Waals surface area contributed by atoms with Crippen molar-refractivity contribution in [1.29, 1.82) is 0 Å². The van der Waals surface area contributed by atoms with Crippen LogP contribution in [0.25, 0.3) is 33.3 Å². The van der Waals surface area contributed by atoms with Crippen LogP contribution in [-0.2, 0) is 0 Å². The van der Waals surface area contributed by atoms with Crippen molar-refractivity contribution in [3.8, 4) is 28.1 Å². The highest BCUT2D eigenvalue weighted by atomic mass is 19.3. The van der Waals surface area contributed by atoms with Crippen molar-refractivity contribution < 1.29 is 13.5 Å². The molecule has 0 saturated heterocycles. The average Bonchev–Trinajstić information content (AvgIpc) is 2.68. The first kappa shape index (κ1) is 16.8. The van der Waals surface area contributed by atoms with E-state index in [0.717, 1.165) is 11.1 Å². The molecule has 0 saturated carbocycles. The summed E-state index contributed by atoms with van der Waals surface area (Å²) in [6.45, 7) is -2.90. The molecule has 5 nitrogen and oxygen atoms in total. The summed E-state index contributed by atoms with van der Waals surface area (Å²) in [6.07, 6.45) is 2.98. The van der Waals surface area contributed by atoms with Gasteiger partial charge < -0.3 is 9.72 Å². The molecular weight excluding hydrogens is 352 g/mol.